The maximum Gasteiger partial charge on any atom is 0.408 e. The number of alkyl carbamates (subject to hydrolysis) is 1. The second kappa shape index (κ2) is 6.36. The highest BCUT2D eigenvalue weighted by atomic mass is 19.1. The van der Waals surface area contributed by atoms with Crippen LogP contribution in [0.2, 0.25) is 0 Å². The number of halogens is 1. The zero-order valence-corrected chi connectivity index (χ0v) is 11.8. The Bertz CT molecular complexity index is 497. The van der Waals surface area contributed by atoms with Gasteiger partial charge in [0.25, 0.3) is 0 Å². The molecule has 0 heterocycles. The summed E-state index contributed by atoms with van der Waals surface area (Å²) in [7, 11) is 0. The molecule has 0 radical (unpaired) electrons. The van der Waals surface area contributed by atoms with Gasteiger partial charge in [-0.1, -0.05) is 18.2 Å². The molecule has 110 valence electrons. The summed E-state index contributed by atoms with van der Waals surface area (Å²) in [5.41, 5.74) is 4.82. The molecule has 6 heteroatoms. The molecular weight excluding hydrogens is 263 g/mol. The molecule has 0 aliphatic rings. The van der Waals surface area contributed by atoms with Gasteiger partial charge in [-0.3, -0.25) is 4.79 Å². The first kappa shape index (κ1) is 15.9. The van der Waals surface area contributed by atoms with Crippen LogP contribution in [0.5, 0.6) is 0 Å². The van der Waals surface area contributed by atoms with Crippen LogP contribution >= 0.6 is 0 Å². The van der Waals surface area contributed by atoms with Crippen LogP contribution in [0.4, 0.5) is 9.18 Å². The minimum absolute atomic E-state index is 0.0265. The van der Waals surface area contributed by atoms with Gasteiger partial charge < -0.3 is 15.8 Å². The molecule has 20 heavy (non-hydrogen) atoms. The highest BCUT2D eigenvalue weighted by Gasteiger charge is 2.23. The number of rotatable bonds is 4. The molecule has 1 aromatic carbocycles. The summed E-state index contributed by atoms with van der Waals surface area (Å²) in [5, 5.41) is 2.35. The van der Waals surface area contributed by atoms with Crippen LogP contribution in [0.1, 0.15) is 26.3 Å². The van der Waals surface area contributed by atoms with Crippen molar-refractivity contribution < 1.29 is 18.7 Å². The van der Waals surface area contributed by atoms with E-state index in [0.29, 0.717) is 5.56 Å². The predicted molar refractivity (Wildman–Crippen MR) is 72.5 cm³/mol. The Balaban J connectivity index is 2.74. The van der Waals surface area contributed by atoms with Crippen molar-refractivity contribution in [2.24, 2.45) is 5.73 Å². The summed E-state index contributed by atoms with van der Waals surface area (Å²) in [6.45, 7) is 5.09. The van der Waals surface area contributed by atoms with Gasteiger partial charge in [0.2, 0.25) is 5.91 Å². The summed E-state index contributed by atoms with van der Waals surface area (Å²) in [5.74, 6) is -1.20. The van der Waals surface area contributed by atoms with E-state index in [4.69, 9.17) is 10.5 Å². The van der Waals surface area contributed by atoms with Gasteiger partial charge >= 0.3 is 6.09 Å². The number of hydrogen-bond donors (Lipinski definition) is 2. The number of hydrogen-bond acceptors (Lipinski definition) is 3. The Kier molecular flexibility index (Phi) is 5.07. The molecule has 0 bridgehead atoms. The molecule has 0 aliphatic carbocycles. The van der Waals surface area contributed by atoms with E-state index < -0.39 is 29.5 Å². The van der Waals surface area contributed by atoms with Crippen LogP contribution < -0.4 is 11.1 Å². The molecule has 1 aromatic rings. The lowest BCUT2D eigenvalue weighted by molar-refractivity contribution is -0.120. The van der Waals surface area contributed by atoms with Crippen molar-refractivity contribution in [1.29, 1.82) is 0 Å². The maximum absolute atomic E-state index is 13.5. The third kappa shape index (κ3) is 5.26. The first-order chi connectivity index (χ1) is 9.19. The fourth-order valence-electron chi connectivity index (χ4n) is 1.56. The van der Waals surface area contributed by atoms with E-state index >= 15 is 0 Å². The van der Waals surface area contributed by atoms with E-state index in [2.05, 4.69) is 5.32 Å². The molecular formula is C14H19FN2O3. The van der Waals surface area contributed by atoms with Gasteiger partial charge in [-0.25, -0.2) is 9.18 Å². The Morgan fingerprint density at radius 1 is 1.35 bits per heavy atom. The number of nitrogens with one attached hydrogen (secondary N) is 1. The zero-order valence-electron chi connectivity index (χ0n) is 11.8. The smallest absolute Gasteiger partial charge is 0.408 e. The van der Waals surface area contributed by atoms with Crippen LogP contribution in [-0.2, 0) is 16.0 Å². The average molecular weight is 282 g/mol. The van der Waals surface area contributed by atoms with Crippen molar-refractivity contribution in [3.63, 3.8) is 0 Å². The van der Waals surface area contributed by atoms with Crippen LogP contribution in [0, 0.1) is 5.82 Å². The quantitative estimate of drug-likeness (QED) is 0.882. The molecule has 0 aliphatic heterocycles. The lowest BCUT2D eigenvalue weighted by atomic mass is 10.1. The second-order valence-corrected chi connectivity index (χ2v) is 5.40. The third-order valence-electron chi connectivity index (χ3n) is 2.42. The van der Waals surface area contributed by atoms with Gasteiger partial charge in [0.05, 0.1) is 0 Å². The summed E-state index contributed by atoms with van der Waals surface area (Å²) in [6.07, 6.45) is -0.793. The minimum Gasteiger partial charge on any atom is -0.444 e. The number of benzene rings is 1. The number of primary amides is 1. The Hall–Kier alpha value is -2.11. The molecule has 1 unspecified atom stereocenters. The normalized spacial score (nSPS) is 12.6. The predicted octanol–water partition coefficient (Wildman–Crippen LogP) is 1.75. The van der Waals surface area contributed by atoms with Gasteiger partial charge in [-0.05, 0) is 32.4 Å². The molecule has 0 saturated carbocycles. The fourth-order valence-corrected chi connectivity index (χ4v) is 1.56. The third-order valence-corrected chi connectivity index (χ3v) is 2.42. The van der Waals surface area contributed by atoms with E-state index in [1.165, 1.54) is 12.1 Å². The van der Waals surface area contributed by atoms with Crippen LogP contribution in [0.3, 0.4) is 0 Å². The van der Waals surface area contributed by atoms with Crippen molar-refractivity contribution >= 4 is 12.0 Å². The average Bonchev–Trinajstić information content (AvgIpc) is 2.28. The lowest BCUT2D eigenvalue weighted by Gasteiger charge is -2.22. The largest absolute Gasteiger partial charge is 0.444 e. The number of amides is 2. The lowest BCUT2D eigenvalue weighted by Crippen LogP contribution is -2.47. The van der Waals surface area contributed by atoms with Crippen LogP contribution in [0.25, 0.3) is 0 Å². The molecule has 0 saturated heterocycles. The van der Waals surface area contributed by atoms with Gasteiger partial charge in [0, 0.05) is 6.42 Å². The van der Waals surface area contributed by atoms with Gasteiger partial charge in [0.15, 0.2) is 0 Å². The summed E-state index contributed by atoms with van der Waals surface area (Å²) in [4.78, 5) is 23.0. The molecule has 2 amide bonds. The zero-order chi connectivity index (χ0) is 15.3. The van der Waals surface area contributed by atoms with E-state index in [9.17, 15) is 14.0 Å². The van der Waals surface area contributed by atoms with Crippen molar-refractivity contribution in [3.05, 3.63) is 35.6 Å². The number of carbonyl (C=O) groups is 2. The van der Waals surface area contributed by atoms with Gasteiger partial charge in [0.1, 0.15) is 17.5 Å². The molecule has 5 nitrogen and oxygen atoms in total. The molecule has 1 atom stereocenters. The van der Waals surface area contributed by atoms with E-state index in [1.54, 1.807) is 32.9 Å². The fraction of sp³-hybridized carbons (Fsp3) is 0.429. The SMILES string of the molecule is CC(C)(C)OC(=O)NC(Cc1ccccc1F)C(N)=O. The van der Waals surface area contributed by atoms with Gasteiger partial charge in [-0.2, -0.15) is 0 Å². The van der Waals surface area contributed by atoms with Crippen molar-refractivity contribution in [2.75, 3.05) is 0 Å². The number of carbonyl (C=O) groups excluding carboxylic acids is 2. The maximum atomic E-state index is 13.5. The summed E-state index contributed by atoms with van der Waals surface area (Å²) >= 11 is 0. The Labute approximate surface area is 117 Å². The van der Waals surface area contributed by atoms with Crippen LogP contribution in [0.15, 0.2) is 24.3 Å². The molecule has 0 spiro atoms. The standard InChI is InChI=1S/C14H19FN2O3/c1-14(2,3)20-13(19)17-11(12(16)18)8-9-6-4-5-7-10(9)15/h4-7,11H,8H2,1-3H3,(H2,16,18)(H,17,19). The number of ether oxygens (including phenoxy) is 1. The van der Waals surface area contributed by atoms with Crippen LogP contribution in [-0.4, -0.2) is 23.6 Å². The van der Waals surface area contributed by atoms with Gasteiger partial charge in [-0.15, -0.1) is 0 Å². The first-order valence-corrected chi connectivity index (χ1v) is 6.21. The monoisotopic (exact) mass is 282 g/mol. The highest BCUT2D eigenvalue weighted by molar-refractivity contribution is 5.84. The first-order valence-electron chi connectivity index (χ1n) is 6.21. The van der Waals surface area contributed by atoms with Crippen molar-refractivity contribution in [1.82, 2.24) is 5.32 Å². The van der Waals surface area contributed by atoms with E-state index in [0.717, 1.165) is 0 Å². The van der Waals surface area contributed by atoms with Crippen molar-refractivity contribution in [3.8, 4) is 0 Å². The molecule has 3 N–H and O–H groups in total. The molecule has 0 aromatic heterocycles. The van der Waals surface area contributed by atoms with E-state index in [-0.39, 0.29) is 6.42 Å². The molecule has 1 rings (SSSR count). The molecule has 0 fully saturated rings. The van der Waals surface area contributed by atoms with E-state index in [1.807, 2.05) is 0 Å². The van der Waals surface area contributed by atoms with Crippen molar-refractivity contribution in [2.45, 2.75) is 38.8 Å². The Morgan fingerprint density at radius 3 is 2.45 bits per heavy atom. The topological polar surface area (TPSA) is 81.4 Å². The summed E-state index contributed by atoms with van der Waals surface area (Å²) in [6, 6.07) is 4.97. The summed E-state index contributed by atoms with van der Waals surface area (Å²) < 4.78 is 18.6. The second-order valence-electron chi connectivity index (χ2n) is 5.40. The minimum atomic E-state index is -1.03. The Morgan fingerprint density at radius 2 is 1.95 bits per heavy atom. The number of nitrogens with two attached hydrogens (primary N) is 1. The highest BCUT2D eigenvalue weighted by Crippen LogP contribution is 2.11.